The lowest BCUT2D eigenvalue weighted by Gasteiger charge is -2.37. The molecule has 0 atom stereocenters. The molecule has 1 aliphatic carbocycles. The first-order valence-corrected chi connectivity index (χ1v) is 7.93. The van der Waals surface area contributed by atoms with E-state index in [2.05, 4.69) is 32.9 Å². The maximum Gasteiger partial charge on any atom is 0.125 e. The van der Waals surface area contributed by atoms with Crippen molar-refractivity contribution in [3.05, 3.63) is 28.8 Å². The Bertz CT molecular complexity index is 459. The zero-order valence-corrected chi connectivity index (χ0v) is 13.5. The van der Waals surface area contributed by atoms with Crippen LogP contribution < -0.4 is 10.5 Å². The first-order chi connectivity index (χ1) is 9.54. The molecule has 0 amide bonds. The van der Waals surface area contributed by atoms with Crippen LogP contribution in [-0.2, 0) is 5.41 Å². The van der Waals surface area contributed by atoms with Crippen LogP contribution >= 0.6 is 0 Å². The van der Waals surface area contributed by atoms with Gasteiger partial charge < -0.3 is 10.5 Å². The minimum absolute atomic E-state index is 0.193. The van der Waals surface area contributed by atoms with E-state index in [0.29, 0.717) is 5.92 Å². The highest BCUT2D eigenvalue weighted by molar-refractivity contribution is 5.48. The Labute approximate surface area is 123 Å². The molecular weight excluding hydrogens is 246 g/mol. The van der Waals surface area contributed by atoms with Crippen molar-refractivity contribution < 1.29 is 4.74 Å². The third-order valence-corrected chi connectivity index (χ3v) is 4.94. The average Bonchev–Trinajstić information content (AvgIpc) is 2.47. The summed E-state index contributed by atoms with van der Waals surface area (Å²) in [6, 6.07) is 4.66. The SMILES string of the molecule is COc1c(C)cc(C2(CN)CCCCC2)cc1C(C)C. The van der Waals surface area contributed by atoms with Gasteiger partial charge in [-0.15, -0.1) is 0 Å². The van der Waals surface area contributed by atoms with Crippen molar-refractivity contribution in [2.75, 3.05) is 13.7 Å². The maximum atomic E-state index is 6.19. The molecule has 2 N–H and O–H groups in total. The summed E-state index contributed by atoms with van der Waals surface area (Å²) in [6.45, 7) is 7.38. The predicted octanol–water partition coefficient (Wildman–Crippen LogP) is 4.29. The van der Waals surface area contributed by atoms with Crippen LogP contribution in [0.15, 0.2) is 12.1 Å². The fraction of sp³-hybridized carbons (Fsp3) is 0.667. The van der Waals surface area contributed by atoms with E-state index in [9.17, 15) is 0 Å². The van der Waals surface area contributed by atoms with Crippen molar-refractivity contribution >= 4 is 0 Å². The number of hydrogen-bond acceptors (Lipinski definition) is 2. The third kappa shape index (κ3) is 2.71. The molecule has 1 saturated carbocycles. The van der Waals surface area contributed by atoms with Crippen molar-refractivity contribution in [3.63, 3.8) is 0 Å². The Morgan fingerprint density at radius 2 is 1.85 bits per heavy atom. The van der Waals surface area contributed by atoms with E-state index in [1.165, 1.54) is 48.8 Å². The molecule has 1 fully saturated rings. The monoisotopic (exact) mass is 275 g/mol. The zero-order valence-electron chi connectivity index (χ0n) is 13.5. The number of nitrogens with two attached hydrogens (primary N) is 1. The first-order valence-electron chi connectivity index (χ1n) is 7.93. The van der Waals surface area contributed by atoms with Crippen molar-refractivity contribution in [3.8, 4) is 5.75 Å². The Hall–Kier alpha value is -1.02. The van der Waals surface area contributed by atoms with Gasteiger partial charge >= 0.3 is 0 Å². The maximum absolute atomic E-state index is 6.19. The molecule has 2 heteroatoms. The van der Waals surface area contributed by atoms with Crippen LogP contribution in [0.25, 0.3) is 0 Å². The molecule has 0 spiro atoms. The van der Waals surface area contributed by atoms with Crippen molar-refractivity contribution in [1.29, 1.82) is 0 Å². The molecular formula is C18H29NO. The minimum Gasteiger partial charge on any atom is -0.496 e. The zero-order chi connectivity index (χ0) is 14.8. The van der Waals surface area contributed by atoms with Crippen LogP contribution in [-0.4, -0.2) is 13.7 Å². The Morgan fingerprint density at radius 3 is 2.35 bits per heavy atom. The van der Waals surface area contributed by atoms with Crippen molar-refractivity contribution in [1.82, 2.24) is 0 Å². The van der Waals surface area contributed by atoms with Gasteiger partial charge in [-0.05, 0) is 42.4 Å². The number of ether oxygens (including phenoxy) is 1. The molecule has 0 aliphatic heterocycles. The molecule has 112 valence electrons. The first kappa shape index (κ1) is 15.4. The van der Waals surface area contributed by atoms with Gasteiger partial charge in [0.05, 0.1) is 7.11 Å². The average molecular weight is 275 g/mol. The summed E-state index contributed by atoms with van der Waals surface area (Å²) < 4.78 is 5.62. The summed E-state index contributed by atoms with van der Waals surface area (Å²) in [4.78, 5) is 0. The lowest BCUT2D eigenvalue weighted by molar-refractivity contribution is 0.300. The van der Waals surface area contributed by atoms with E-state index >= 15 is 0 Å². The summed E-state index contributed by atoms with van der Waals surface area (Å²) in [5.41, 5.74) is 10.4. The van der Waals surface area contributed by atoms with Crippen LogP contribution in [0.2, 0.25) is 0 Å². The topological polar surface area (TPSA) is 35.2 Å². The van der Waals surface area contributed by atoms with E-state index in [-0.39, 0.29) is 5.41 Å². The number of aryl methyl sites for hydroxylation is 1. The van der Waals surface area contributed by atoms with Crippen LogP contribution in [0.4, 0.5) is 0 Å². The highest BCUT2D eigenvalue weighted by Crippen LogP contribution is 2.42. The van der Waals surface area contributed by atoms with Gasteiger partial charge in [-0.1, -0.05) is 45.2 Å². The van der Waals surface area contributed by atoms with Gasteiger partial charge in [0.2, 0.25) is 0 Å². The molecule has 0 bridgehead atoms. The highest BCUT2D eigenvalue weighted by Gasteiger charge is 2.33. The minimum atomic E-state index is 0.193. The van der Waals surface area contributed by atoms with Crippen LogP contribution in [0.1, 0.15) is 68.6 Å². The Kier molecular flexibility index (Phi) is 4.74. The standard InChI is InChI=1S/C18H29NO/c1-13(2)16-11-15(10-14(3)17(16)20-4)18(12-19)8-6-5-7-9-18/h10-11,13H,5-9,12,19H2,1-4H3. The molecule has 20 heavy (non-hydrogen) atoms. The van der Waals surface area contributed by atoms with E-state index in [1.54, 1.807) is 7.11 Å². The lowest BCUT2D eigenvalue weighted by atomic mass is 9.68. The van der Waals surface area contributed by atoms with Crippen molar-refractivity contribution in [2.45, 2.75) is 64.2 Å². The largest absolute Gasteiger partial charge is 0.496 e. The van der Waals surface area contributed by atoms with E-state index in [4.69, 9.17) is 10.5 Å². The van der Waals surface area contributed by atoms with Gasteiger partial charge in [-0.2, -0.15) is 0 Å². The predicted molar refractivity (Wildman–Crippen MR) is 85.6 cm³/mol. The number of methoxy groups -OCH3 is 1. The number of hydrogen-bond donors (Lipinski definition) is 1. The Morgan fingerprint density at radius 1 is 1.20 bits per heavy atom. The molecule has 0 aromatic heterocycles. The molecule has 0 heterocycles. The smallest absolute Gasteiger partial charge is 0.125 e. The molecule has 2 rings (SSSR count). The molecule has 0 saturated heterocycles. The second-order valence-electron chi connectivity index (χ2n) is 6.62. The fourth-order valence-electron chi connectivity index (χ4n) is 3.65. The quantitative estimate of drug-likeness (QED) is 0.889. The fourth-order valence-corrected chi connectivity index (χ4v) is 3.65. The normalized spacial score (nSPS) is 18.3. The van der Waals surface area contributed by atoms with Crippen LogP contribution in [0, 0.1) is 6.92 Å². The van der Waals surface area contributed by atoms with Gasteiger partial charge in [0.1, 0.15) is 5.75 Å². The number of rotatable bonds is 4. The summed E-state index contributed by atoms with van der Waals surface area (Å²) in [7, 11) is 1.77. The lowest BCUT2D eigenvalue weighted by Crippen LogP contribution is -2.37. The molecule has 0 unspecified atom stereocenters. The molecule has 1 aromatic rings. The third-order valence-electron chi connectivity index (χ3n) is 4.94. The Balaban J connectivity index is 2.51. The van der Waals surface area contributed by atoms with Crippen LogP contribution in [0.3, 0.4) is 0 Å². The highest BCUT2D eigenvalue weighted by atomic mass is 16.5. The molecule has 1 aromatic carbocycles. The van der Waals surface area contributed by atoms with Gasteiger partial charge in [-0.25, -0.2) is 0 Å². The van der Waals surface area contributed by atoms with Gasteiger partial charge in [0, 0.05) is 12.0 Å². The van der Waals surface area contributed by atoms with Crippen molar-refractivity contribution in [2.24, 2.45) is 5.73 Å². The molecule has 0 radical (unpaired) electrons. The summed E-state index contributed by atoms with van der Waals surface area (Å²) >= 11 is 0. The molecule has 1 aliphatic rings. The van der Waals surface area contributed by atoms with Crippen LogP contribution in [0.5, 0.6) is 5.75 Å². The van der Waals surface area contributed by atoms with E-state index in [0.717, 1.165) is 12.3 Å². The van der Waals surface area contributed by atoms with Gasteiger partial charge in [-0.3, -0.25) is 0 Å². The van der Waals surface area contributed by atoms with Gasteiger partial charge in [0.25, 0.3) is 0 Å². The number of benzene rings is 1. The van der Waals surface area contributed by atoms with E-state index < -0.39 is 0 Å². The summed E-state index contributed by atoms with van der Waals surface area (Å²) in [5, 5.41) is 0. The second kappa shape index (κ2) is 6.17. The molecule has 2 nitrogen and oxygen atoms in total. The second-order valence-corrected chi connectivity index (χ2v) is 6.62. The summed E-state index contributed by atoms with van der Waals surface area (Å²) in [5.74, 6) is 1.52. The van der Waals surface area contributed by atoms with Gasteiger partial charge in [0.15, 0.2) is 0 Å². The summed E-state index contributed by atoms with van der Waals surface area (Å²) in [6.07, 6.45) is 6.42. The van der Waals surface area contributed by atoms with E-state index in [1.807, 2.05) is 0 Å².